The van der Waals surface area contributed by atoms with Gasteiger partial charge in [-0.3, -0.25) is 4.90 Å². The predicted molar refractivity (Wildman–Crippen MR) is 113 cm³/mol. The van der Waals surface area contributed by atoms with Crippen molar-refractivity contribution < 1.29 is 19.3 Å². The second-order valence-corrected chi connectivity index (χ2v) is 7.39. The number of benzene rings is 2. The summed E-state index contributed by atoms with van der Waals surface area (Å²) in [4.78, 5) is 2.19. The minimum Gasteiger partial charge on any atom is -0.493 e. The van der Waals surface area contributed by atoms with Crippen molar-refractivity contribution in [3.05, 3.63) is 59.2 Å². The lowest BCUT2D eigenvalue weighted by Gasteiger charge is -2.28. The van der Waals surface area contributed by atoms with E-state index in [2.05, 4.69) is 41.4 Å². The maximum Gasteiger partial charge on any atom is 0.161 e. The van der Waals surface area contributed by atoms with Gasteiger partial charge in [-0.05, 0) is 35.7 Å². The Kier molecular flexibility index (Phi) is 8.31. The highest BCUT2D eigenvalue weighted by molar-refractivity contribution is 5.43. The van der Waals surface area contributed by atoms with Gasteiger partial charge in [0.25, 0.3) is 0 Å². The molecule has 0 unspecified atom stereocenters. The predicted octanol–water partition coefficient (Wildman–Crippen LogP) is 2.37. The summed E-state index contributed by atoms with van der Waals surface area (Å²) in [5, 5.41) is 13.7. The molecule has 2 N–H and O–H groups in total. The zero-order valence-corrected chi connectivity index (χ0v) is 17.4. The van der Waals surface area contributed by atoms with Crippen molar-refractivity contribution in [2.24, 2.45) is 0 Å². The lowest BCUT2D eigenvalue weighted by molar-refractivity contribution is 0.00445. The number of ether oxygens (including phenoxy) is 3. The van der Waals surface area contributed by atoms with Crippen molar-refractivity contribution in [3.63, 3.8) is 0 Å². The van der Waals surface area contributed by atoms with Gasteiger partial charge < -0.3 is 24.6 Å². The van der Waals surface area contributed by atoms with Gasteiger partial charge in [-0.1, -0.05) is 30.3 Å². The Morgan fingerprint density at radius 1 is 1.10 bits per heavy atom. The number of aryl methyl sites for hydroxylation is 1. The number of hydrogen-bond acceptors (Lipinski definition) is 6. The van der Waals surface area contributed by atoms with Crippen LogP contribution in [0.2, 0.25) is 0 Å². The summed E-state index contributed by atoms with van der Waals surface area (Å²) in [6.45, 7) is 7.66. The Morgan fingerprint density at radius 2 is 1.90 bits per heavy atom. The molecule has 0 bridgehead atoms. The van der Waals surface area contributed by atoms with Crippen LogP contribution in [-0.4, -0.2) is 62.7 Å². The summed E-state index contributed by atoms with van der Waals surface area (Å²) >= 11 is 0. The number of nitrogens with zero attached hydrogens (tertiary/aromatic N) is 1. The average Bonchev–Trinajstić information content (AvgIpc) is 2.74. The van der Waals surface area contributed by atoms with Gasteiger partial charge in [0.15, 0.2) is 11.5 Å². The van der Waals surface area contributed by atoms with E-state index in [0.717, 1.165) is 45.0 Å². The second kappa shape index (κ2) is 11.2. The minimum absolute atomic E-state index is 0.235. The summed E-state index contributed by atoms with van der Waals surface area (Å²) in [6, 6.07) is 14.3. The van der Waals surface area contributed by atoms with Gasteiger partial charge in [0.05, 0.1) is 20.3 Å². The SMILES string of the molecule is COc1cc(CNCc2ccccc2C)ccc1OC[C@H](O)CN1CCOCC1. The summed E-state index contributed by atoms with van der Waals surface area (Å²) in [7, 11) is 1.64. The van der Waals surface area contributed by atoms with Crippen LogP contribution in [-0.2, 0) is 17.8 Å². The summed E-state index contributed by atoms with van der Waals surface area (Å²) in [6.07, 6.45) is -0.548. The quantitative estimate of drug-likeness (QED) is 0.639. The second-order valence-electron chi connectivity index (χ2n) is 7.39. The highest BCUT2D eigenvalue weighted by Gasteiger charge is 2.16. The topological polar surface area (TPSA) is 63.2 Å². The number of nitrogens with one attached hydrogen (secondary N) is 1. The number of aliphatic hydroxyl groups excluding tert-OH is 1. The maximum atomic E-state index is 10.3. The number of rotatable bonds is 10. The molecule has 6 nitrogen and oxygen atoms in total. The van der Waals surface area contributed by atoms with Crippen molar-refractivity contribution in [1.82, 2.24) is 10.2 Å². The van der Waals surface area contributed by atoms with Crippen LogP contribution in [0.15, 0.2) is 42.5 Å². The summed E-state index contributed by atoms with van der Waals surface area (Å²) < 4.78 is 16.6. The molecule has 0 aromatic heterocycles. The minimum atomic E-state index is -0.548. The molecule has 0 spiro atoms. The Morgan fingerprint density at radius 3 is 2.66 bits per heavy atom. The fourth-order valence-corrected chi connectivity index (χ4v) is 3.41. The van der Waals surface area contributed by atoms with E-state index >= 15 is 0 Å². The molecule has 0 saturated carbocycles. The number of aliphatic hydroxyl groups is 1. The molecule has 1 fully saturated rings. The van der Waals surface area contributed by atoms with Crippen LogP contribution in [0.4, 0.5) is 0 Å². The lowest BCUT2D eigenvalue weighted by atomic mass is 10.1. The van der Waals surface area contributed by atoms with E-state index in [1.165, 1.54) is 11.1 Å². The standard InChI is InChI=1S/C23H32N2O4/c1-18-5-3-4-6-20(18)15-24-14-19-7-8-22(23(13-19)27-2)29-17-21(26)16-25-9-11-28-12-10-25/h3-8,13,21,24,26H,9-12,14-17H2,1-2H3/t21-/m1/s1. The third kappa shape index (κ3) is 6.72. The highest BCUT2D eigenvalue weighted by Crippen LogP contribution is 2.28. The van der Waals surface area contributed by atoms with E-state index in [9.17, 15) is 5.11 Å². The van der Waals surface area contributed by atoms with Crippen LogP contribution in [0.25, 0.3) is 0 Å². The van der Waals surface area contributed by atoms with E-state index in [1.807, 2.05) is 18.2 Å². The number of morpholine rings is 1. The van der Waals surface area contributed by atoms with Gasteiger partial charge in [-0.15, -0.1) is 0 Å². The smallest absolute Gasteiger partial charge is 0.161 e. The molecule has 0 amide bonds. The zero-order chi connectivity index (χ0) is 20.5. The van der Waals surface area contributed by atoms with Crippen molar-refractivity contribution >= 4 is 0 Å². The highest BCUT2D eigenvalue weighted by atomic mass is 16.5. The Bertz CT molecular complexity index is 762. The van der Waals surface area contributed by atoms with Crippen LogP contribution in [0.5, 0.6) is 11.5 Å². The van der Waals surface area contributed by atoms with Gasteiger partial charge in [0, 0.05) is 32.7 Å². The first-order chi connectivity index (χ1) is 14.2. The fourth-order valence-electron chi connectivity index (χ4n) is 3.41. The van der Waals surface area contributed by atoms with Crippen molar-refractivity contribution in [1.29, 1.82) is 0 Å². The van der Waals surface area contributed by atoms with E-state index in [-0.39, 0.29) is 6.61 Å². The molecule has 3 rings (SSSR count). The van der Waals surface area contributed by atoms with Crippen LogP contribution < -0.4 is 14.8 Å². The molecular weight excluding hydrogens is 368 g/mol. The van der Waals surface area contributed by atoms with Crippen LogP contribution in [0.1, 0.15) is 16.7 Å². The average molecular weight is 401 g/mol. The molecule has 1 aliphatic rings. The normalized spacial score (nSPS) is 15.8. The lowest BCUT2D eigenvalue weighted by Crippen LogP contribution is -2.42. The zero-order valence-electron chi connectivity index (χ0n) is 17.4. The largest absolute Gasteiger partial charge is 0.493 e. The first-order valence-electron chi connectivity index (χ1n) is 10.2. The molecule has 1 aliphatic heterocycles. The molecule has 2 aromatic rings. The summed E-state index contributed by atoms with van der Waals surface area (Å²) in [5.41, 5.74) is 3.71. The van der Waals surface area contributed by atoms with Gasteiger partial charge >= 0.3 is 0 Å². The van der Waals surface area contributed by atoms with Crippen LogP contribution >= 0.6 is 0 Å². The molecule has 6 heteroatoms. The van der Waals surface area contributed by atoms with Gasteiger partial charge in [-0.25, -0.2) is 0 Å². The number of hydrogen-bond donors (Lipinski definition) is 2. The molecule has 0 radical (unpaired) electrons. The fraction of sp³-hybridized carbons (Fsp3) is 0.478. The first-order valence-corrected chi connectivity index (χ1v) is 10.2. The van der Waals surface area contributed by atoms with Crippen LogP contribution in [0.3, 0.4) is 0 Å². The molecule has 0 aliphatic carbocycles. The molecule has 1 atom stereocenters. The van der Waals surface area contributed by atoms with Gasteiger partial charge in [0.1, 0.15) is 12.7 Å². The first kappa shape index (κ1) is 21.6. The summed E-state index contributed by atoms with van der Waals surface area (Å²) in [5.74, 6) is 1.33. The van der Waals surface area contributed by atoms with Crippen LogP contribution in [0, 0.1) is 6.92 Å². The molecule has 1 saturated heterocycles. The molecule has 2 aromatic carbocycles. The Labute approximate surface area is 173 Å². The molecular formula is C23H32N2O4. The number of β-amino-alcohol motifs (C(OH)–C–C–N with tert-alkyl or cyclic N) is 1. The third-order valence-electron chi connectivity index (χ3n) is 5.14. The van der Waals surface area contributed by atoms with Gasteiger partial charge in [-0.2, -0.15) is 0 Å². The molecule has 29 heavy (non-hydrogen) atoms. The van der Waals surface area contributed by atoms with Crippen molar-refractivity contribution in [3.8, 4) is 11.5 Å². The van der Waals surface area contributed by atoms with Crippen molar-refractivity contribution in [2.45, 2.75) is 26.1 Å². The number of methoxy groups -OCH3 is 1. The van der Waals surface area contributed by atoms with E-state index in [1.54, 1.807) is 7.11 Å². The third-order valence-corrected chi connectivity index (χ3v) is 5.14. The monoisotopic (exact) mass is 400 g/mol. The van der Waals surface area contributed by atoms with Gasteiger partial charge in [0.2, 0.25) is 0 Å². The van der Waals surface area contributed by atoms with E-state index < -0.39 is 6.10 Å². The maximum absolute atomic E-state index is 10.3. The van der Waals surface area contributed by atoms with E-state index in [0.29, 0.717) is 18.0 Å². The van der Waals surface area contributed by atoms with Crippen molar-refractivity contribution in [2.75, 3.05) is 46.6 Å². The molecule has 158 valence electrons. The molecule has 1 heterocycles. The van der Waals surface area contributed by atoms with E-state index in [4.69, 9.17) is 14.2 Å². The Balaban J connectivity index is 1.48. The Hall–Kier alpha value is -2.12.